The van der Waals surface area contributed by atoms with Crippen LogP contribution in [-0.2, 0) is 0 Å². The first kappa shape index (κ1) is 17.5. The highest BCUT2D eigenvalue weighted by atomic mass is 16.5. The van der Waals surface area contributed by atoms with Crippen molar-refractivity contribution >= 4 is 22.2 Å². The van der Waals surface area contributed by atoms with Gasteiger partial charge in [0, 0.05) is 5.39 Å². The van der Waals surface area contributed by atoms with Gasteiger partial charge in [0.15, 0.2) is 0 Å². The molecular weight excluding hydrogens is 320 g/mol. The molecule has 0 saturated heterocycles. The van der Waals surface area contributed by atoms with E-state index in [1.165, 1.54) is 0 Å². The number of benzene rings is 2. The maximum Gasteiger partial charge on any atom is 0.131 e. The lowest BCUT2D eigenvalue weighted by Gasteiger charge is -2.10. The molecule has 0 aliphatic rings. The summed E-state index contributed by atoms with van der Waals surface area (Å²) in [7, 11) is 1.67. The Morgan fingerprint density at radius 3 is 2.65 bits per heavy atom. The van der Waals surface area contributed by atoms with Crippen molar-refractivity contribution in [1.29, 1.82) is 0 Å². The van der Waals surface area contributed by atoms with Crippen LogP contribution in [0.3, 0.4) is 0 Å². The van der Waals surface area contributed by atoms with Crippen LogP contribution in [0.1, 0.15) is 12.6 Å². The fraction of sp³-hybridized carbons (Fsp3) is 0.0870. The number of methoxy groups -OCH3 is 1. The Labute approximate surface area is 154 Å². The number of nitrogens with zero attached hydrogens (tertiary/aromatic N) is 1. The van der Waals surface area contributed by atoms with Crippen molar-refractivity contribution in [2.75, 3.05) is 12.8 Å². The zero-order valence-corrected chi connectivity index (χ0v) is 15.1. The third-order valence-corrected chi connectivity index (χ3v) is 4.25. The van der Waals surface area contributed by atoms with E-state index < -0.39 is 0 Å². The first-order chi connectivity index (χ1) is 12.7. The molecular formula is C23H22N2O. The number of allylic oxidation sites excluding steroid dienone is 5. The molecule has 130 valence electrons. The first-order valence-corrected chi connectivity index (χ1v) is 8.46. The van der Waals surface area contributed by atoms with E-state index in [-0.39, 0.29) is 0 Å². The van der Waals surface area contributed by atoms with E-state index in [2.05, 4.69) is 35.8 Å². The van der Waals surface area contributed by atoms with Crippen LogP contribution in [0.15, 0.2) is 79.4 Å². The van der Waals surface area contributed by atoms with Crippen LogP contribution >= 0.6 is 0 Å². The summed E-state index contributed by atoms with van der Waals surface area (Å²) in [4.78, 5) is 4.57. The average molecular weight is 342 g/mol. The zero-order valence-electron chi connectivity index (χ0n) is 15.1. The van der Waals surface area contributed by atoms with Gasteiger partial charge in [-0.05, 0) is 53.3 Å². The molecule has 3 aromatic rings. The van der Waals surface area contributed by atoms with Gasteiger partial charge in [-0.25, -0.2) is 4.98 Å². The molecule has 0 unspecified atom stereocenters. The molecule has 0 atom stereocenters. The zero-order chi connectivity index (χ0) is 18.5. The molecule has 26 heavy (non-hydrogen) atoms. The van der Waals surface area contributed by atoms with Gasteiger partial charge in [-0.2, -0.15) is 0 Å². The van der Waals surface area contributed by atoms with E-state index in [0.717, 1.165) is 38.9 Å². The molecule has 1 heterocycles. The van der Waals surface area contributed by atoms with Crippen LogP contribution in [-0.4, -0.2) is 12.1 Å². The van der Waals surface area contributed by atoms with Crippen LogP contribution in [0, 0.1) is 0 Å². The summed E-state index contributed by atoms with van der Waals surface area (Å²) in [5.74, 6) is 1.34. The number of pyridine rings is 1. The van der Waals surface area contributed by atoms with Crippen molar-refractivity contribution < 1.29 is 4.74 Å². The number of aromatic nitrogens is 1. The van der Waals surface area contributed by atoms with E-state index in [1.54, 1.807) is 13.2 Å². The lowest BCUT2D eigenvalue weighted by Crippen LogP contribution is -1.96. The maximum absolute atomic E-state index is 6.27. The minimum absolute atomic E-state index is 0.510. The molecule has 0 spiro atoms. The lowest BCUT2D eigenvalue weighted by molar-refractivity contribution is 0.415. The molecule has 0 amide bonds. The normalized spacial score (nSPS) is 11.8. The first-order valence-electron chi connectivity index (χ1n) is 8.46. The van der Waals surface area contributed by atoms with Crippen molar-refractivity contribution in [3.63, 3.8) is 0 Å². The van der Waals surface area contributed by atoms with Crippen molar-refractivity contribution in [3.05, 3.63) is 85.1 Å². The number of hydrogen-bond donors (Lipinski definition) is 1. The number of nitrogens with two attached hydrogens (primary N) is 1. The minimum Gasteiger partial charge on any atom is -0.497 e. The monoisotopic (exact) mass is 342 g/mol. The van der Waals surface area contributed by atoms with Crippen molar-refractivity contribution in [3.8, 4) is 16.9 Å². The second kappa shape index (κ2) is 7.70. The summed E-state index contributed by atoms with van der Waals surface area (Å²) in [5, 5.41) is 1.98. The van der Waals surface area contributed by atoms with Gasteiger partial charge < -0.3 is 10.5 Å². The van der Waals surface area contributed by atoms with Crippen LogP contribution in [0.2, 0.25) is 0 Å². The average Bonchev–Trinajstić information content (AvgIpc) is 2.68. The molecule has 0 aliphatic carbocycles. The third-order valence-electron chi connectivity index (χ3n) is 4.25. The SMILES string of the molecule is C=C/C(=C\C=C/C)c1cc2ccc(-c3cccc(OC)c3)cc2c(N)n1. The minimum atomic E-state index is 0.510. The molecule has 2 aromatic carbocycles. The van der Waals surface area contributed by atoms with Gasteiger partial charge >= 0.3 is 0 Å². The smallest absolute Gasteiger partial charge is 0.131 e. The van der Waals surface area contributed by atoms with Gasteiger partial charge in [-0.1, -0.05) is 55.1 Å². The van der Waals surface area contributed by atoms with Gasteiger partial charge in [-0.15, -0.1) is 0 Å². The number of fused-ring (bicyclic) bond motifs is 1. The van der Waals surface area contributed by atoms with Crippen molar-refractivity contribution in [1.82, 2.24) is 4.98 Å². The summed E-state index contributed by atoms with van der Waals surface area (Å²) < 4.78 is 5.32. The fourth-order valence-corrected chi connectivity index (χ4v) is 2.86. The van der Waals surface area contributed by atoms with E-state index in [1.807, 2.05) is 49.4 Å². The molecule has 0 fully saturated rings. The Morgan fingerprint density at radius 1 is 1.12 bits per heavy atom. The summed E-state index contributed by atoms with van der Waals surface area (Å²) in [6.07, 6.45) is 7.70. The second-order valence-corrected chi connectivity index (χ2v) is 5.91. The molecule has 0 aliphatic heterocycles. The van der Waals surface area contributed by atoms with E-state index in [4.69, 9.17) is 10.5 Å². The third kappa shape index (κ3) is 3.52. The Hall–Kier alpha value is -3.33. The molecule has 3 heteroatoms. The predicted octanol–water partition coefficient (Wildman–Crippen LogP) is 5.64. The largest absolute Gasteiger partial charge is 0.497 e. The second-order valence-electron chi connectivity index (χ2n) is 5.91. The van der Waals surface area contributed by atoms with Crippen molar-refractivity contribution in [2.24, 2.45) is 0 Å². The predicted molar refractivity (Wildman–Crippen MR) is 111 cm³/mol. The standard InChI is InChI=1S/C23H22N2O/c1-4-6-8-16(5-2)22-15-19-12-11-18(14-21(19)23(24)25-22)17-9-7-10-20(13-17)26-3/h4-15H,2H2,1,3H3,(H2,24,25)/b6-4-,16-8+. The number of anilines is 1. The summed E-state index contributed by atoms with van der Waals surface area (Å²) in [6, 6.07) is 16.2. The molecule has 0 saturated carbocycles. The van der Waals surface area contributed by atoms with E-state index >= 15 is 0 Å². The van der Waals surface area contributed by atoms with Crippen LogP contribution in [0.4, 0.5) is 5.82 Å². The van der Waals surface area contributed by atoms with Gasteiger partial charge in [0.05, 0.1) is 12.8 Å². The van der Waals surface area contributed by atoms with Crippen LogP contribution < -0.4 is 10.5 Å². The number of hydrogen-bond acceptors (Lipinski definition) is 3. The highest BCUT2D eigenvalue weighted by Crippen LogP contribution is 2.30. The maximum atomic E-state index is 6.27. The van der Waals surface area contributed by atoms with Crippen LogP contribution in [0.5, 0.6) is 5.75 Å². The molecule has 3 nitrogen and oxygen atoms in total. The topological polar surface area (TPSA) is 48.1 Å². The van der Waals surface area contributed by atoms with Crippen LogP contribution in [0.25, 0.3) is 27.5 Å². The highest BCUT2D eigenvalue weighted by molar-refractivity contribution is 5.96. The molecule has 0 radical (unpaired) electrons. The Bertz CT molecular complexity index is 1020. The molecule has 0 bridgehead atoms. The summed E-state index contributed by atoms with van der Waals surface area (Å²) >= 11 is 0. The van der Waals surface area contributed by atoms with Crippen molar-refractivity contribution in [2.45, 2.75) is 6.92 Å². The summed E-state index contributed by atoms with van der Waals surface area (Å²) in [6.45, 7) is 5.85. The highest BCUT2D eigenvalue weighted by Gasteiger charge is 2.08. The van der Waals surface area contributed by atoms with E-state index in [9.17, 15) is 0 Å². The molecule has 3 rings (SSSR count). The van der Waals surface area contributed by atoms with Gasteiger partial charge in [0.1, 0.15) is 11.6 Å². The fourth-order valence-electron chi connectivity index (χ4n) is 2.86. The van der Waals surface area contributed by atoms with Gasteiger partial charge in [0.2, 0.25) is 0 Å². The Balaban J connectivity index is 2.10. The quantitative estimate of drug-likeness (QED) is 0.611. The molecule has 1 aromatic heterocycles. The number of nitrogen functional groups attached to an aromatic ring is 1. The number of rotatable bonds is 5. The Kier molecular flexibility index (Phi) is 5.18. The van der Waals surface area contributed by atoms with Gasteiger partial charge in [0.25, 0.3) is 0 Å². The number of ether oxygens (including phenoxy) is 1. The Morgan fingerprint density at radius 2 is 1.92 bits per heavy atom. The van der Waals surface area contributed by atoms with Gasteiger partial charge in [-0.3, -0.25) is 0 Å². The lowest BCUT2D eigenvalue weighted by atomic mass is 10.00. The molecule has 2 N–H and O–H groups in total. The summed E-state index contributed by atoms with van der Waals surface area (Å²) in [5.41, 5.74) is 10.2. The van der Waals surface area contributed by atoms with E-state index in [0.29, 0.717) is 5.82 Å².